The molecule has 0 aromatic heterocycles. The van der Waals surface area contributed by atoms with Gasteiger partial charge in [0.2, 0.25) is 5.91 Å². The smallest absolute Gasteiger partial charge is 0.306 e. The van der Waals surface area contributed by atoms with Crippen molar-refractivity contribution in [1.29, 1.82) is 0 Å². The second-order valence-electron chi connectivity index (χ2n) is 26.8. The third-order valence-corrected chi connectivity index (χ3v) is 18.9. The lowest BCUT2D eigenvalue weighted by atomic mass is 9.95. The van der Waals surface area contributed by atoms with E-state index < -0.39 is 98.1 Å². The van der Waals surface area contributed by atoms with E-state index in [1.807, 2.05) is 243 Å². The van der Waals surface area contributed by atoms with Crippen LogP contribution in [0.4, 0.5) is 0 Å². The van der Waals surface area contributed by atoms with Crippen molar-refractivity contribution in [3.8, 4) is 0 Å². The van der Waals surface area contributed by atoms with Gasteiger partial charge in [-0.05, 0) is 57.9 Å². The van der Waals surface area contributed by atoms with E-state index in [1.165, 1.54) is 13.5 Å². The summed E-state index contributed by atoms with van der Waals surface area (Å²) in [6.45, 7) is 5.62. The van der Waals surface area contributed by atoms with Gasteiger partial charge >= 0.3 is 5.97 Å². The van der Waals surface area contributed by atoms with Crippen LogP contribution in [-0.2, 0) is 133 Å². The van der Waals surface area contributed by atoms with Gasteiger partial charge in [0.05, 0.1) is 78.6 Å². The number of carbonyl (C=O) groups is 2. The molecule has 3 aliphatic heterocycles. The van der Waals surface area contributed by atoms with Gasteiger partial charge in [-0.2, -0.15) is 0 Å². The third-order valence-electron chi connectivity index (χ3n) is 18.9. The lowest BCUT2D eigenvalue weighted by Gasteiger charge is -2.51. The molecule has 8 aromatic rings. The fourth-order valence-corrected chi connectivity index (χ4v) is 13.2. The Bertz CT molecular complexity index is 3670. The molecule has 0 spiro atoms. The van der Waals surface area contributed by atoms with Crippen LogP contribution in [0, 0.1) is 0 Å². The fourth-order valence-electron chi connectivity index (χ4n) is 13.2. The minimum Gasteiger partial charge on any atom is -0.457 e. The average molecular weight is 1430 g/mol. The molecule has 105 heavy (non-hydrogen) atoms. The van der Waals surface area contributed by atoms with Gasteiger partial charge in [0.15, 0.2) is 25.0 Å². The molecule has 8 aromatic carbocycles. The molecule has 3 fully saturated rings. The number of unbranched alkanes of at least 4 members (excludes halogenated alkanes) is 5. The minimum atomic E-state index is -1.31. The molecule has 0 aliphatic carbocycles. The summed E-state index contributed by atoms with van der Waals surface area (Å²) in [6, 6.07) is 79.2. The number of rotatable bonds is 42. The summed E-state index contributed by atoms with van der Waals surface area (Å²) in [5.41, 5.74) is 7.24. The number of hydrogen-bond acceptors (Lipinski definition) is 17. The first kappa shape index (κ1) is 78.2. The van der Waals surface area contributed by atoms with E-state index in [9.17, 15) is 9.59 Å². The zero-order valence-electron chi connectivity index (χ0n) is 60.6. The highest BCUT2D eigenvalue weighted by Gasteiger charge is 2.57. The Morgan fingerprint density at radius 3 is 1.00 bits per heavy atom. The molecule has 15 atom stereocenters. The normalized spacial score (nSPS) is 24.6. The number of carbonyl (C=O) groups excluding carboxylic acids is 2. The second kappa shape index (κ2) is 43.1. The Morgan fingerprint density at radius 2 is 0.638 bits per heavy atom. The Labute approximate surface area is 619 Å². The Balaban J connectivity index is 1.03. The Morgan fingerprint density at radius 1 is 0.333 bits per heavy atom. The number of hydrogen-bond donors (Lipinski definition) is 1. The zero-order chi connectivity index (χ0) is 72.5. The van der Waals surface area contributed by atoms with Crippen LogP contribution < -0.4 is 5.32 Å². The molecule has 3 aliphatic rings. The molecule has 0 saturated carbocycles. The van der Waals surface area contributed by atoms with Crippen LogP contribution in [-0.4, -0.2) is 131 Å². The van der Waals surface area contributed by atoms with Crippen molar-refractivity contribution in [2.24, 2.45) is 0 Å². The van der Waals surface area contributed by atoms with Crippen LogP contribution in [0.25, 0.3) is 0 Å². The lowest BCUT2D eigenvalue weighted by molar-refractivity contribution is -0.393. The topological polar surface area (TPSA) is 185 Å². The van der Waals surface area contributed by atoms with E-state index >= 15 is 0 Å². The van der Waals surface area contributed by atoms with E-state index in [2.05, 4.69) is 12.2 Å². The van der Waals surface area contributed by atoms with E-state index in [0.717, 1.165) is 76.6 Å². The fraction of sp³-hybridized carbons (Fsp3) is 0.425. The van der Waals surface area contributed by atoms with Crippen molar-refractivity contribution in [2.45, 2.75) is 210 Å². The summed E-state index contributed by atoms with van der Waals surface area (Å²) >= 11 is 0. The number of nitrogens with one attached hydrogen (secondary N) is 1. The lowest BCUT2D eigenvalue weighted by Crippen LogP contribution is -2.68. The molecule has 558 valence electrons. The standard InChI is InChI=1S/C87H103NO17/c1-4-5-6-7-8-33-52-93-85-82(97-58-69-44-27-14-28-45-69)80(95-56-67-40-23-12-24-41-67)77(72(101-85)61-91-53-64-34-17-9-18-35-64)105-87-84(99-60-71-48-31-16-32-49-71)81(96-57-68-42-25-13-26-43-68)78(73(102-87)62-92-54-65-36-19-10-20-37-65)104-86-83(98-59-70-46-29-15-30-47-70)79(94-55-66-38-21-11-22-39-66)76(63(2)100-86)103-75(90)51-50-74(89)88-3/h9-32,34-49,63,72-73,76-87H,4-8,33,50-62H2,1-3H3,(H,88,89)/t63?,72?,73-,76+,77+,78-,79-,80+,81?,82?,83?,84?,85+,86-,87-/m0/s1. The van der Waals surface area contributed by atoms with Gasteiger partial charge in [-0.15, -0.1) is 0 Å². The molecular formula is C87H103NO17. The number of ether oxygens (including phenoxy) is 15. The third kappa shape index (κ3) is 24.6. The van der Waals surface area contributed by atoms with Gasteiger partial charge in [-0.25, -0.2) is 0 Å². The molecule has 18 nitrogen and oxygen atoms in total. The highest BCUT2D eigenvalue weighted by Crippen LogP contribution is 2.40. The molecule has 0 bridgehead atoms. The quantitative estimate of drug-likeness (QED) is 0.0281. The Hall–Kier alpha value is -7.86. The predicted molar refractivity (Wildman–Crippen MR) is 396 cm³/mol. The van der Waals surface area contributed by atoms with Crippen molar-refractivity contribution in [2.75, 3.05) is 26.9 Å². The van der Waals surface area contributed by atoms with E-state index in [4.69, 9.17) is 71.1 Å². The maximum Gasteiger partial charge on any atom is 0.306 e. The summed E-state index contributed by atoms with van der Waals surface area (Å²) in [7, 11) is 1.53. The van der Waals surface area contributed by atoms with Gasteiger partial charge in [0.25, 0.3) is 0 Å². The maximum atomic E-state index is 14.0. The van der Waals surface area contributed by atoms with Gasteiger partial charge in [0, 0.05) is 20.1 Å². The van der Waals surface area contributed by atoms with Crippen LogP contribution in [0.5, 0.6) is 0 Å². The van der Waals surface area contributed by atoms with E-state index in [0.29, 0.717) is 6.61 Å². The van der Waals surface area contributed by atoms with Crippen molar-refractivity contribution >= 4 is 11.9 Å². The molecule has 11 rings (SSSR count). The molecule has 18 heteroatoms. The van der Waals surface area contributed by atoms with Gasteiger partial charge in [0.1, 0.15) is 61.0 Å². The van der Waals surface area contributed by atoms with Gasteiger partial charge < -0.3 is 76.4 Å². The molecular weight excluding hydrogens is 1330 g/mol. The Kier molecular flexibility index (Phi) is 32.1. The van der Waals surface area contributed by atoms with Crippen molar-refractivity contribution in [1.82, 2.24) is 5.32 Å². The summed E-state index contributed by atoms with van der Waals surface area (Å²) in [6.07, 6.45) is -9.51. The molecule has 1 N–H and O–H groups in total. The van der Waals surface area contributed by atoms with Crippen LogP contribution in [0.1, 0.15) is 110 Å². The molecule has 6 unspecified atom stereocenters. The highest BCUT2D eigenvalue weighted by atomic mass is 16.8. The van der Waals surface area contributed by atoms with Crippen LogP contribution >= 0.6 is 0 Å². The van der Waals surface area contributed by atoms with Gasteiger partial charge in [-0.1, -0.05) is 282 Å². The SMILES string of the molecule is CCCCCCCCO[C@@H]1OC(COCc2ccccc2)[C@@H](O[C@@H]2O[C@@H](COCc3ccccc3)[C@H](O[C@@H]3OC(C)[C@@H](OC(=O)CCC(=O)NC)[C@H](OCc4ccccc4)C3OCc3ccccc3)C(OCc3ccccc3)C2OCc2ccccc2)[C@@H](OCc2ccccc2)C1OCc1ccccc1. The number of benzene rings is 8. The first-order valence-electron chi connectivity index (χ1n) is 37.2. The van der Waals surface area contributed by atoms with E-state index in [-0.39, 0.29) is 84.8 Å². The first-order valence-corrected chi connectivity index (χ1v) is 37.2. The minimum absolute atomic E-state index is 0.0397. The summed E-state index contributed by atoms with van der Waals surface area (Å²) in [5, 5.41) is 2.60. The van der Waals surface area contributed by atoms with Crippen LogP contribution in [0.3, 0.4) is 0 Å². The molecule has 3 heterocycles. The van der Waals surface area contributed by atoms with Crippen molar-refractivity contribution in [3.05, 3.63) is 287 Å². The average Bonchev–Trinajstić information content (AvgIpc) is 0.766. The van der Waals surface area contributed by atoms with Gasteiger partial charge in [-0.3, -0.25) is 9.59 Å². The zero-order valence-corrected chi connectivity index (χ0v) is 60.6. The summed E-state index contributed by atoms with van der Waals surface area (Å²) in [5.74, 6) is -0.922. The molecule has 1 amide bonds. The first-order chi connectivity index (χ1) is 51.7. The second-order valence-corrected chi connectivity index (χ2v) is 26.8. The molecule has 0 radical (unpaired) electrons. The van der Waals surface area contributed by atoms with E-state index in [1.54, 1.807) is 6.92 Å². The predicted octanol–water partition coefficient (Wildman–Crippen LogP) is 14.7. The van der Waals surface area contributed by atoms with Crippen molar-refractivity contribution < 1.29 is 80.6 Å². The summed E-state index contributed by atoms with van der Waals surface area (Å²) in [4.78, 5) is 26.6. The summed E-state index contributed by atoms with van der Waals surface area (Å²) < 4.78 is 108. The largest absolute Gasteiger partial charge is 0.457 e. The maximum absolute atomic E-state index is 14.0. The van der Waals surface area contributed by atoms with Crippen LogP contribution in [0.15, 0.2) is 243 Å². The highest BCUT2D eigenvalue weighted by molar-refractivity contribution is 5.81. The monoisotopic (exact) mass is 1430 g/mol. The molecule has 3 saturated heterocycles. The van der Waals surface area contributed by atoms with Crippen LogP contribution in [0.2, 0.25) is 0 Å². The van der Waals surface area contributed by atoms with Crippen molar-refractivity contribution in [3.63, 3.8) is 0 Å². The number of esters is 1. The number of amides is 1.